The summed E-state index contributed by atoms with van der Waals surface area (Å²) in [4.78, 5) is 32.2. The van der Waals surface area contributed by atoms with Gasteiger partial charge in [-0.25, -0.2) is 4.39 Å². The number of nitrogens with zero attached hydrogens (tertiary/aromatic N) is 5. The van der Waals surface area contributed by atoms with E-state index in [1.54, 1.807) is 11.0 Å². The van der Waals surface area contributed by atoms with Crippen molar-refractivity contribution in [3.8, 4) is 11.3 Å². The van der Waals surface area contributed by atoms with E-state index in [-0.39, 0.29) is 24.1 Å². The SMILES string of the molecule is CC(c1ccccc1)N(CC(=O)N1CCN(c2ccc(-c3ccccc3Cl)nn2)CC1)C(=O)c1cccc(F)c1. The van der Waals surface area contributed by atoms with Crippen LogP contribution in [0.4, 0.5) is 10.2 Å². The summed E-state index contributed by atoms with van der Waals surface area (Å²) in [5.41, 5.74) is 2.61. The van der Waals surface area contributed by atoms with Gasteiger partial charge in [-0.05, 0) is 48.9 Å². The first kappa shape index (κ1) is 27.3. The van der Waals surface area contributed by atoms with Gasteiger partial charge in [-0.3, -0.25) is 9.59 Å². The molecule has 0 radical (unpaired) electrons. The monoisotopic (exact) mass is 557 g/mol. The minimum atomic E-state index is -0.497. The highest BCUT2D eigenvalue weighted by Crippen LogP contribution is 2.27. The largest absolute Gasteiger partial charge is 0.352 e. The molecule has 3 aromatic carbocycles. The van der Waals surface area contributed by atoms with E-state index in [0.29, 0.717) is 36.9 Å². The van der Waals surface area contributed by atoms with E-state index >= 15 is 0 Å². The Balaban J connectivity index is 1.25. The molecule has 1 saturated heterocycles. The zero-order valence-corrected chi connectivity index (χ0v) is 22.8. The minimum Gasteiger partial charge on any atom is -0.352 e. The predicted molar refractivity (Wildman–Crippen MR) is 154 cm³/mol. The zero-order chi connectivity index (χ0) is 28.1. The number of piperazine rings is 1. The lowest BCUT2D eigenvalue weighted by Crippen LogP contribution is -2.52. The summed E-state index contributed by atoms with van der Waals surface area (Å²) >= 11 is 6.29. The molecule has 0 spiro atoms. The molecule has 1 aliphatic rings. The molecule has 9 heteroatoms. The van der Waals surface area contributed by atoms with Crippen LogP contribution >= 0.6 is 11.6 Å². The lowest BCUT2D eigenvalue weighted by Gasteiger charge is -2.37. The van der Waals surface area contributed by atoms with Crippen LogP contribution in [0.5, 0.6) is 0 Å². The van der Waals surface area contributed by atoms with Gasteiger partial charge in [0.1, 0.15) is 12.4 Å². The fraction of sp³-hybridized carbons (Fsp3) is 0.226. The van der Waals surface area contributed by atoms with Crippen molar-refractivity contribution in [2.75, 3.05) is 37.6 Å². The van der Waals surface area contributed by atoms with Crippen molar-refractivity contribution in [1.82, 2.24) is 20.0 Å². The van der Waals surface area contributed by atoms with Crippen molar-refractivity contribution >= 4 is 29.2 Å². The van der Waals surface area contributed by atoms with Crippen molar-refractivity contribution in [2.45, 2.75) is 13.0 Å². The van der Waals surface area contributed by atoms with E-state index in [2.05, 4.69) is 15.1 Å². The maximum Gasteiger partial charge on any atom is 0.254 e. The summed E-state index contributed by atoms with van der Waals surface area (Å²) in [6.07, 6.45) is 0. The molecule has 7 nitrogen and oxygen atoms in total. The second-order valence-electron chi connectivity index (χ2n) is 9.65. The molecule has 0 aliphatic carbocycles. The number of rotatable bonds is 7. The van der Waals surface area contributed by atoms with Crippen molar-refractivity contribution in [2.24, 2.45) is 0 Å². The molecule has 2 heterocycles. The fourth-order valence-corrected chi connectivity index (χ4v) is 5.05. The molecule has 204 valence electrons. The zero-order valence-electron chi connectivity index (χ0n) is 22.1. The lowest BCUT2D eigenvalue weighted by molar-refractivity contribution is -0.132. The van der Waals surface area contributed by atoms with Gasteiger partial charge < -0.3 is 14.7 Å². The Morgan fingerprint density at radius 1 is 0.900 bits per heavy atom. The summed E-state index contributed by atoms with van der Waals surface area (Å²) < 4.78 is 13.9. The third kappa shape index (κ3) is 6.13. The number of hydrogen-bond acceptors (Lipinski definition) is 5. The van der Waals surface area contributed by atoms with E-state index in [4.69, 9.17) is 11.6 Å². The van der Waals surface area contributed by atoms with Crippen LogP contribution in [0.1, 0.15) is 28.9 Å². The van der Waals surface area contributed by atoms with Gasteiger partial charge >= 0.3 is 0 Å². The molecule has 0 saturated carbocycles. The van der Waals surface area contributed by atoms with Crippen molar-refractivity contribution < 1.29 is 14.0 Å². The van der Waals surface area contributed by atoms with E-state index in [1.807, 2.05) is 73.7 Å². The van der Waals surface area contributed by atoms with Gasteiger partial charge in [-0.15, -0.1) is 10.2 Å². The predicted octanol–water partition coefficient (Wildman–Crippen LogP) is 5.49. The highest BCUT2D eigenvalue weighted by atomic mass is 35.5. The van der Waals surface area contributed by atoms with Crippen molar-refractivity contribution in [3.63, 3.8) is 0 Å². The Morgan fingerprint density at radius 3 is 2.30 bits per heavy atom. The van der Waals surface area contributed by atoms with Crippen molar-refractivity contribution in [3.05, 3.63) is 113 Å². The Bertz CT molecular complexity index is 1480. The Kier molecular flexibility index (Phi) is 8.36. The number of carbonyl (C=O) groups is 2. The van der Waals surface area contributed by atoms with Gasteiger partial charge in [-0.1, -0.05) is 66.2 Å². The highest BCUT2D eigenvalue weighted by Gasteiger charge is 2.29. The number of anilines is 1. The van der Waals surface area contributed by atoms with Crippen LogP contribution in [0, 0.1) is 5.82 Å². The Hall–Kier alpha value is -4.30. The number of benzene rings is 3. The third-order valence-corrected chi connectivity index (χ3v) is 7.47. The molecule has 40 heavy (non-hydrogen) atoms. The maximum atomic E-state index is 13.9. The lowest BCUT2D eigenvalue weighted by atomic mass is 10.1. The van der Waals surface area contributed by atoms with E-state index in [9.17, 15) is 14.0 Å². The van der Waals surface area contributed by atoms with Gasteiger partial charge in [0.2, 0.25) is 5.91 Å². The molecule has 1 aliphatic heterocycles. The molecule has 0 bridgehead atoms. The van der Waals surface area contributed by atoms with E-state index in [0.717, 1.165) is 16.9 Å². The first-order valence-electron chi connectivity index (χ1n) is 13.1. The third-order valence-electron chi connectivity index (χ3n) is 7.14. The molecule has 4 aromatic rings. The summed E-state index contributed by atoms with van der Waals surface area (Å²) in [7, 11) is 0. The van der Waals surface area contributed by atoms with Gasteiger partial charge in [0, 0.05) is 37.3 Å². The van der Waals surface area contributed by atoms with Gasteiger partial charge in [0.15, 0.2) is 5.82 Å². The van der Waals surface area contributed by atoms with Crippen LogP contribution in [0.3, 0.4) is 0 Å². The van der Waals surface area contributed by atoms with Crippen LogP contribution < -0.4 is 4.90 Å². The molecule has 2 amide bonds. The summed E-state index contributed by atoms with van der Waals surface area (Å²) in [5, 5.41) is 9.36. The van der Waals surface area contributed by atoms with Crippen LogP contribution in [0.15, 0.2) is 91.0 Å². The molecule has 1 atom stereocenters. The van der Waals surface area contributed by atoms with E-state index < -0.39 is 11.7 Å². The standard InChI is InChI=1S/C31H29ClFN5O2/c1-22(23-8-3-2-4-9-23)38(31(40)24-10-7-11-25(33)20-24)21-30(39)37-18-16-36(17-19-37)29-15-14-28(34-35-29)26-12-5-6-13-27(26)32/h2-15,20,22H,16-19,21H2,1H3. The fourth-order valence-electron chi connectivity index (χ4n) is 4.82. The number of carbonyl (C=O) groups excluding carboxylic acids is 2. The smallest absolute Gasteiger partial charge is 0.254 e. The quantitative estimate of drug-likeness (QED) is 0.301. The summed E-state index contributed by atoms with van der Waals surface area (Å²) in [5.74, 6) is -0.323. The highest BCUT2D eigenvalue weighted by molar-refractivity contribution is 6.33. The summed E-state index contributed by atoms with van der Waals surface area (Å²) in [6.45, 7) is 3.89. The Labute approximate surface area is 237 Å². The second-order valence-corrected chi connectivity index (χ2v) is 10.1. The Morgan fingerprint density at radius 2 is 1.62 bits per heavy atom. The second kappa shape index (κ2) is 12.3. The normalized spacial score (nSPS) is 14.1. The van der Waals surface area contributed by atoms with Crippen molar-refractivity contribution in [1.29, 1.82) is 0 Å². The first-order chi connectivity index (χ1) is 19.4. The molecule has 0 N–H and O–H groups in total. The molecular formula is C31H29ClFN5O2. The van der Waals surface area contributed by atoms with Gasteiger partial charge in [-0.2, -0.15) is 0 Å². The number of halogens is 2. The first-order valence-corrected chi connectivity index (χ1v) is 13.5. The molecule has 1 fully saturated rings. The topological polar surface area (TPSA) is 69.6 Å². The average molecular weight is 558 g/mol. The molecular weight excluding hydrogens is 529 g/mol. The summed E-state index contributed by atoms with van der Waals surface area (Å²) in [6, 6.07) is 26.0. The number of aromatic nitrogens is 2. The van der Waals surface area contributed by atoms with Gasteiger partial charge in [0.05, 0.1) is 16.8 Å². The maximum absolute atomic E-state index is 13.9. The molecule has 1 aromatic heterocycles. The van der Waals surface area contributed by atoms with Crippen LogP contribution in [-0.2, 0) is 4.79 Å². The van der Waals surface area contributed by atoms with E-state index in [1.165, 1.54) is 23.1 Å². The van der Waals surface area contributed by atoms with Crippen LogP contribution in [0.25, 0.3) is 11.3 Å². The molecule has 1 unspecified atom stereocenters. The minimum absolute atomic E-state index is 0.113. The van der Waals surface area contributed by atoms with Crippen LogP contribution in [-0.4, -0.2) is 64.5 Å². The number of hydrogen-bond donors (Lipinski definition) is 0. The molecule has 5 rings (SSSR count). The van der Waals surface area contributed by atoms with Crippen LogP contribution in [0.2, 0.25) is 5.02 Å². The van der Waals surface area contributed by atoms with Gasteiger partial charge in [0.25, 0.3) is 5.91 Å². The average Bonchev–Trinajstić information content (AvgIpc) is 3.00. The number of amides is 2.